The fourth-order valence-corrected chi connectivity index (χ4v) is 1.46. The van der Waals surface area contributed by atoms with Crippen LogP contribution in [-0.2, 0) is 13.6 Å². The topological polar surface area (TPSA) is 63.6 Å². The van der Waals surface area contributed by atoms with E-state index in [0.29, 0.717) is 6.54 Å². The molecular weight excluding hydrogens is 204 g/mol. The molecule has 16 heavy (non-hydrogen) atoms. The number of imidazole rings is 1. The number of aromatic nitrogens is 3. The van der Waals surface area contributed by atoms with E-state index in [9.17, 15) is 4.79 Å². The summed E-state index contributed by atoms with van der Waals surface area (Å²) >= 11 is 0. The van der Waals surface area contributed by atoms with Crippen molar-refractivity contribution in [2.24, 2.45) is 7.05 Å². The molecule has 0 aromatic carbocycles. The second-order valence-electron chi connectivity index (χ2n) is 3.46. The fourth-order valence-electron chi connectivity index (χ4n) is 1.46. The second-order valence-corrected chi connectivity index (χ2v) is 3.46. The van der Waals surface area contributed by atoms with Crippen LogP contribution in [0.4, 0.5) is 0 Å². The molecule has 80 valence electrons. The Balaban J connectivity index is 2.41. The van der Waals surface area contributed by atoms with Crippen molar-refractivity contribution in [2.75, 3.05) is 0 Å². The standard InChI is InChI=1S/C11H10N4O/c1-14-8-13-6-10(14)7-15-4-2-3-9(5-12)11(15)16/h2-4,6,8H,7H2,1H3. The SMILES string of the molecule is Cn1cncc1Cn1cccc(C#N)c1=O. The number of hydrogen-bond acceptors (Lipinski definition) is 3. The van der Waals surface area contributed by atoms with Gasteiger partial charge in [0.15, 0.2) is 0 Å². The predicted molar refractivity (Wildman–Crippen MR) is 57.7 cm³/mol. The maximum absolute atomic E-state index is 11.7. The molecule has 5 nitrogen and oxygen atoms in total. The first kappa shape index (κ1) is 10.2. The Bertz CT molecular complexity index is 603. The Labute approximate surface area is 92.2 Å². The van der Waals surface area contributed by atoms with E-state index in [-0.39, 0.29) is 11.1 Å². The van der Waals surface area contributed by atoms with Crippen LogP contribution >= 0.6 is 0 Å². The molecule has 0 N–H and O–H groups in total. The molecule has 0 unspecified atom stereocenters. The molecule has 0 saturated heterocycles. The number of hydrogen-bond donors (Lipinski definition) is 0. The lowest BCUT2D eigenvalue weighted by Gasteiger charge is -2.05. The number of aryl methyl sites for hydroxylation is 1. The zero-order valence-electron chi connectivity index (χ0n) is 8.79. The van der Waals surface area contributed by atoms with E-state index in [1.54, 1.807) is 24.8 Å². The minimum absolute atomic E-state index is 0.157. The highest BCUT2D eigenvalue weighted by Gasteiger charge is 2.04. The van der Waals surface area contributed by atoms with Gasteiger partial charge in [-0.3, -0.25) is 4.79 Å². The van der Waals surface area contributed by atoms with Gasteiger partial charge in [0.1, 0.15) is 11.6 Å². The van der Waals surface area contributed by atoms with Crippen LogP contribution in [0.3, 0.4) is 0 Å². The van der Waals surface area contributed by atoms with E-state index < -0.39 is 0 Å². The lowest BCUT2D eigenvalue weighted by Crippen LogP contribution is -2.22. The van der Waals surface area contributed by atoms with Crippen molar-refractivity contribution in [1.82, 2.24) is 14.1 Å². The van der Waals surface area contributed by atoms with Crippen molar-refractivity contribution in [1.29, 1.82) is 5.26 Å². The van der Waals surface area contributed by atoms with Gasteiger partial charge in [0, 0.05) is 19.4 Å². The van der Waals surface area contributed by atoms with Crippen molar-refractivity contribution in [3.05, 3.63) is 52.5 Å². The van der Waals surface area contributed by atoms with Crippen LogP contribution in [0.5, 0.6) is 0 Å². The summed E-state index contributed by atoms with van der Waals surface area (Å²) in [5.41, 5.74) is 0.799. The summed E-state index contributed by atoms with van der Waals surface area (Å²) in [5, 5.41) is 8.74. The number of nitrogens with zero attached hydrogens (tertiary/aromatic N) is 4. The summed E-state index contributed by atoms with van der Waals surface area (Å²) in [6.07, 6.45) is 5.04. The van der Waals surface area contributed by atoms with E-state index in [0.717, 1.165) is 5.69 Å². The van der Waals surface area contributed by atoms with Crippen LogP contribution in [0, 0.1) is 11.3 Å². The smallest absolute Gasteiger partial charge is 0.268 e. The number of nitriles is 1. The van der Waals surface area contributed by atoms with Gasteiger partial charge in [-0.15, -0.1) is 0 Å². The average Bonchev–Trinajstić information content (AvgIpc) is 2.68. The van der Waals surface area contributed by atoms with E-state index in [1.807, 2.05) is 17.7 Å². The Kier molecular flexibility index (Phi) is 2.56. The van der Waals surface area contributed by atoms with Gasteiger partial charge in [0.25, 0.3) is 5.56 Å². The van der Waals surface area contributed by atoms with E-state index in [1.165, 1.54) is 10.6 Å². The van der Waals surface area contributed by atoms with Crippen molar-refractivity contribution in [2.45, 2.75) is 6.54 Å². The minimum atomic E-state index is -0.272. The molecule has 0 fully saturated rings. The summed E-state index contributed by atoms with van der Waals surface area (Å²) in [6.45, 7) is 0.421. The molecule has 2 aromatic rings. The van der Waals surface area contributed by atoms with E-state index >= 15 is 0 Å². The third-order valence-corrected chi connectivity index (χ3v) is 2.39. The molecule has 0 radical (unpaired) electrons. The van der Waals surface area contributed by atoms with Gasteiger partial charge in [0.2, 0.25) is 0 Å². The molecule has 2 aromatic heterocycles. The molecule has 0 bridgehead atoms. The van der Waals surface area contributed by atoms with Crippen LogP contribution < -0.4 is 5.56 Å². The zero-order valence-corrected chi connectivity index (χ0v) is 8.79. The van der Waals surface area contributed by atoms with Crippen LogP contribution in [0.25, 0.3) is 0 Å². The van der Waals surface area contributed by atoms with Gasteiger partial charge in [-0.2, -0.15) is 5.26 Å². The van der Waals surface area contributed by atoms with Gasteiger partial charge < -0.3 is 9.13 Å². The summed E-state index contributed by atoms with van der Waals surface area (Å²) < 4.78 is 3.33. The molecule has 0 aliphatic carbocycles. The largest absolute Gasteiger partial charge is 0.336 e. The van der Waals surface area contributed by atoms with Crippen molar-refractivity contribution >= 4 is 0 Å². The first-order valence-corrected chi connectivity index (χ1v) is 4.77. The molecule has 0 aliphatic heterocycles. The molecule has 2 heterocycles. The molecule has 0 aliphatic rings. The van der Waals surface area contributed by atoms with E-state index in [2.05, 4.69) is 4.98 Å². The van der Waals surface area contributed by atoms with Gasteiger partial charge in [-0.25, -0.2) is 4.98 Å². The highest BCUT2D eigenvalue weighted by Crippen LogP contribution is 1.99. The monoisotopic (exact) mass is 214 g/mol. The maximum Gasteiger partial charge on any atom is 0.268 e. The van der Waals surface area contributed by atoms with E-state index in [4.69, 9.17) is 5.26 Å². The first-order chi connectivity index (χ1) is 7.72. The molecule has 0 amide bonds. The second kappa shape index (κ2) is 4.03. The molecular formula is C11H10N4O. The Hall–Kier alpha value is -2.35. The summed E-state index contributed by atoms with van der Waals surface area (Å²) in [7, 11) is 1.86. The van der Waals surface area contributed by atoms with Gasteiger partial charge in [0.05, 0.1) is 18.6 Å². The van der Waals surface area contributed by atoms with Gasteiger partial charge >= 0.3 is 0 Å². The molecule has 0 saturated carbocycles. The highest BCUT2D eigenvalue weighted by molar-refractivity contribution is 5.25. The van der Waals surface area contributed by atoms with Crippen molar-refractivity contribution in [3.63, 3.8) is 0 Å². The Morgan fingerprint density at radius 2 is 2.38 bits per heavy atom. The van der Waals surface area contributed by atoms with Crippen molar-refractivity contribution < 1.29 is 0 Å². The van der Waals surface area contributed by atoms with Crippen LogP contribution in [0.2, 0.25) is 0 Å². The first-order valence-electron chi connectivity index (χ1n) is 4.77. The minimum Gasteiger partial charge on any atom is -0.336 e. The lowest BCUT2D eigenvalue weighted by atomic mass is 10.3. The molecule has 5 heteroatoms. The molecule has 0 spiro atoms. The molecule has 0 atom stereocenters. The molecule has 2 rings (SSSR count). The summed E-state index contributed by atoms with van der Waals surface area (Å²) in [4.78, 5) is 15.7. The van der Waals surface area contributed by atoms with Gasteiger partial charge in [-0.05, 0) is 12.1 Å². The third-order valence-electron chi connectivity index (χ3n) is 2.39. The average molecular weight is 214 g/mol. The van der Waals surface area contributed by atoms with Crippen molar-refractivity contribution in [3.8, 4) is 6.07 Å². The fraction of sp³-hybridized carbons (Fsp3) is 0.182. The van der Waals surface area contributed by atoms with Gasteiger partial charge in [-0.1, -0.05) is 0 Å². The maximum atomic E-state index is 11.7. The Morgan fingerprint density at radius 1 is 1.56 bits per heavy atom. The number of pyridine rings is 1. The number of rotatable bonds is 2. The quantitative estimate of drug-likeness (QED) is 0.731. The van der Waals surface area contributed by atoms with Crippen LogP contribution in [-0.4, -0.2) is 14.1 Å². The normalized spacial score (nSPS) is 10.0. The Morgan fingerprint density at radius 3 is 3.00 bits per heavy atom. The third kappa shape index (κ3) is 1.73. The summed E-state index contributed by atoms with van der Waals surface area (Å²) in [5.74, 6) is 0. The predicted octanol–water partition coefficient (Wildman–Crippen LogP) is 0.502. The summed E-state index contributed by atoms with van der Waals surface area (Å²) in [6, 6.07) is 5.08. The zero-order chi connectivity index (χ0) is 11.5. The van der Waals surface area contributed by atoms with Crippen LogP contribution in [0.1, 0.15) is 11.3 Å². The van der Waals surface area contributed by atoms with Crippen LogP contribution in [0.15, 0.2) is 35.6 Å². The lowest BCUT2D eigenvalue weighted by molar-refractivity contribution is 0.698. The highest BCUT2D eigenvalue weighted by atomic mass is 16.1.